The Labute approximate surface area is 181 Å². The van der Waals surface area contributed by atoms with E-state index in [4.69, 9.17) is 9.73 Å². The Morgan fingerprint density at radius 2 is 1.57 bits per heavy atom. The van der Waals surface area contributed by atoms with Gasteiger partial charge in [-0.15, -0.1) is 0 Å². The number of anilines is 1. The molecule has 4 nitrogen and oxygen atoms in total. The monoisotopic (exact) mass is 403 g/mol. The molecule has 0 aliphatic rings. The number of nitrogens with zero attached hydrogens (tertiary/aromatic N) is 2. The first-order valence-corrected chi connectivity index (χ1v) is 10.6. The number of allylic oxidation sites excluding steroid dienone is 1. The summed E-state index contributed by atoms with van der Waals surface area (Å²) in [6.07, 6.45) is 1.62. The first-order valence-electron chi connectivity index (χ1n) is 10.6. The van der Waals surface area contributed by atoms with E-state index in [0.29, 0.717) is 29.9 Å². The Morgan fingerprint density at radius 3 is 2.03 bits per heavy atom. The first kappa shape index (κ1) is 23.2. The third-order valence-corrected chi connectivity index (χ3v) is 5.04. The van der Waals surface area contributed by atoms with Crippen LogP contribution in [-0.4, -0.2) is 12.8 Å². The van der Waals surface area contributed by atoms with Gasteiger partial charge in [-0.1, -0.05) is 64.1 Å². The van der Waals surface area contributed by atoms with Crippen molar-refractivity contribution in [3.05, 3.63) is 70.1 Å². The minimum absolute atomic E-state index is 0.337. The van der Waals surface area contributed by atoms with Gasteiger partial charge in [0.2, 0.25) is 5.88 Å². The summed E-state index contributed by atoms with van der Waals surface area (Å²) in [5.41, 5.74) is 6.80. The van der Waals surface area contributed by atoms with Crippen molar-refractivity contribution in [3.8, 4) is 6.07 Å². The van der Waals surface area contributed by atoms with Gasteiger partial charge in [0.05, 0.1) is 18.5 Å². The van der Waals surface area contributed by atoms with Gasteiger partial charge in [-0.3, -0.25) is 4.99 Å². The van der Waals surface area contributed by atoms with Gasteiger partial charge < -0.3 is 10.1 Å². The minimum atomic E-state index is 0.337. The molecule has 0 heterocycles. The molecule has 0 atom stereocenters. The highest BCUT2D eigenvalue weighted by molar-refractivity contribution is 5.88. The summed E-state index contributed by atoms with van der Waals surface area (Å²) >= 11 is 0. The van der Waals surface area contributed by atoms with E-state index < -0.39 is 0 Å². The fourth-order valence-electron chi connectivity index (χ4n) is 3.38. The van der Waals surface area contributed by atoms with Crippen LogP contribution in [0.4, 0.5) is 11.4 Å². The molecule has 0 saturated heterocycles. The highest BCUT2D eigenvalue weighted by Crippen LogP contribution is 2.34. The third-order valence-electron chi connectivity index (χ3n) is 5.04. The molecular weight excluding hydrogens is 370 g/mol. The van der Waals surface area contributed by atoms with E-state index in [2.05, 4.69) is 57.3 Å². The van der Waals surface area contributed by atoms with Crippen molar-refractivity contribution in [1.82, 2.24) is 0 Å². The predicted molar refractivity (Wildman–Crippen MR) is 127 cm³/mol. The second-order valence-electron chi connectivity index (χ2n) is 8.03. The molecule has 2 rings (SSSR count). The molecule has 0 saturated carbocycles. The largest absolute Gasteiger partial charge is 0.478 e. The van der Waals surface area contributed by atoms with Crippen LogP contribution in [0.3, 0.4) is 0 Å². The molecule has 0 aromatic heterocycles. The van der Waals surface area contributed by atoms with E-state index in [9.17, 15) is 5.26 Å². The lowest BCUT2D eigenvalue weighted by molar-refractivity contribution is 0.234. The maximum atomic E-state index is 9.86. The van der Waals surface area contributed by atoms with E-state index in [-0.39, 0.29) is 0 Å². The maximum absolute atomic E-state index is 9.86. The number of aliphatic imine (C=N–C) groups is 1. The van der Waals surface area contributed by atoms with Gasteiger partial charge in [-0.05, 0) is 54.9 Å². The van der Waals surface area contributed by atoms with Crippen LogP contribution in [0.1, 0.15) is 68.7 Å². The molecule has 0 aliphatic carbocycles. The van der Waals surface area contributed by atoms with E-state index in [0.717, 1.165) is 22.5 Å². The van der Waals surface area contributed by atoms with Crippen LogP contribution in [-0.2, 0) is 4.74 Å². The molecule has 2 aromatic rings. The zero-order valence-electron chi connectivity index (χ0n) is 19.2. The number of benzene rings is 2. The molecule has 158 valence electrons. The van der Waals surface area contributed by atoms with Gasteiger partial charge in [0.15, 0.2) is 0 Å². The fraction of sp³-hybridized carbons (Fsp3) is 0.385. The van der Waals surface area contributed by atoms with Gasteiger partial charge in [-0.25, -0.2) is 0 Å². The van der Waals surface area contributed by atoms with Crippen molar-refractivity contribution in [2.75, 3.05) is 11.9 Å². The molecule has 2 aromatic carbocycles. The lowest BCUT2D eigenvalue weighted by atomic mass is 9.93. The second-order valence-corrected chi connectivity index (χ2v) is 8.03. The van der Waals surface area contributed by atoms with Crippen molar-refractivity contribution in [3.63, 3.8) is 0 Å². The van der Waals surface area contributed by atoms with E-state index in [1.54, 1.807) is 6.21 Å². The molecule has 0 aliphatic heterocycles. The van der Waals surface area contributed by atoms with Crippen molar-refractivity contribution >= 4 is 17.6 Å². The lowest BCUT2D eigenvalue weighted by Gasteiger charge is -2.17. The van der Waals surface area contributed by atoms with Gasteiger partial charge in [-0.2, -0.15) is 5.26 Å². The molecular formula is C26H33N3O. The molecule has 30 heavy (non-hydrogen) atoms. The molecule has 0 fully saturated rings. The second kappa shape index (κ2) is 10.6. The number of ether oxygens (including phenoxy) is 1. The Balaban J connectivity index is 2.55. The zero-order chi connectivity index (χ0) is 22.3. The number of hydrogen-bond acceptors (Lipinski definition) is 4. The van der Waals surface area contributed by atoms with Crippen LogP contribution in [0.25, 0.3) is 0 Å². The Hall–Kier alpha value is -3.06. The Kier molecular flexibility index (Phi) is 8.24. The summed E-state index contributed by atoms with van der Waals surface area (Å²) in [5, 5.41) is 13.2. The van der Waals surface area contributed by atoms with Crippen LogP contribution in [0.2, 0.25) is 0 Å². The van der Waals surface area contributed by atoms with E-state index >= 15 is 0 Å². The number of nitriles is 1. The highest BCUT2D eigenvalue weighted by atomic mass is 16.5. The average Bonchev–Trinajstić information content (AvgIpc) is 2.70. The summed E-state index contributed by atoms with van der Waals surface area (Å²) in [6.45, 7) is 15.1. The Bertz CT molecular complexity index is 932. The normalized spacial score (nSPS) is 12.3. The fourth-order valence-corrected chi connectivity index (χ4v) is 3.38. The predicted octanol–water partition coefficient (Wildman–Crippen LogP) is 7.14. The van der Waals surface area contributed by atoms with Crippen molar-refractivity contribution in [2.24, 2.45) is 4.99 Å². The average molecular weight is 404 g/mol. The first-order chi connectivity index (χ1) is 14.3. The molecule has 0 spiro atoms. The number of rotatable bonds is 8. The smallest absolute Gasteiger partial charge is 0.211 e. The van der Waals surface area contributed by atoms with Crippen LogP contribution < -0.4 is 5.32 Å². The van der Waals surface area contributed by atoms with E-state index in [1.165, 1.54) is 11.1 Å². The summed E-state index contributed by atoms with van der Waals surface area (Å²) in [7, 11) is 0. The minimum Gasteiger partial charge on any atom is -0.478 e. The molecule has 1 N–H and O–H groups in total. The van der Waals surface area contributed by atoms with Crippen LogP contribution in [0, 0.1) is 25.2 Å². The summed E-state index contributed by atoms with van der Waals surface area (Å²) in [4.78, 5) is 4.78. The molecule has 4 heteroatoms. The molecule has 0 unspecified atom stereocenters. The lowest BCUT2D eigenvalue weighted by Crippen LogP contribution is -2.10. The van der Waals surface area contributed by atoms with Gasteiger partial charge in [0.25, 0.3) is 0 Å². The summed E-state index contributed by atoms with van der Waals surface area (Å²) in [6, 6.07) is 14.6. The van der Waals surface area contributed by atoms with Crippen LogP contribution >= 0.6 is 0 Å². The highest BCUT2D eigenvalue weighted by Gasteiger charge is 2.14. The maximum Gasteiger partial charge on any atom is 0.211 e. The van der Waals surface area contributed by atoms with Gasteiger partial charge in [0, 0.05) is 5.69 Å². The topological polar surface area (TPSA) is 57.4 Å². The number of nitrogens with one attached hydrogen (secondary N) is 1. The molecule has 0 amide bonds. The van der Waals surface area contributed by atoms with Crippen molar-refractivity contribution in [2.45, 2.75) is 60.3 Å². The van der Waals surface area contributed by atoms with Crippen LogP contribution in [0.15, 0.2) is 52.8 Å². The van der Waals surface area contributed by atoms with Crippen LogP contribution in [0.5, 0.6) is 0 Å². The number of para-hydroxylation sites is 2. The third kappa shape index (κ3) is 5.51. The van der Waals surface area contributed by atoms with Gasteiger partial charge in [0.1, 0.15) is 11.6 Å². The number of hydrogen-bond donors (Lipinski definition) is 1. The molecule has 0 bridgehead atoms. The summed E-state index contributed by atoms with van der Waals surface area (Å²) in [5.74, 6) is 1.10. The number of aryl methyl sites for hydroxylation is 2. The van der Waals surface area contributed by atoms with Gasteiger partial charge >= 0.3 is 0 Å². The molecule has 0 radical (unpaired) electrons. The Morgan fingerprint density at radius 1 is 1.03 bits per heavy atom. The zero-order valence-corrected chi connectivity index (χ0v) is 19.2. The SMILES string of the molecule is CCOC(Nc1c(C)cccc1C)=C(C#N)C=Nc1c(C(C)C)cccc1C(C)C. The van der Waals surface area contributed by atoms with Crippen molar-refractivity contribution < 1.29 is 4.74 Å². The summed E-state index contributed by atoms with van der Waals surface area (Å²) < 4.78 is 5.81. The standard InChI is InChI=1S/C26H33N3O/c1-8-30-26(29-24-19(6)11-9-12-20(24)7)21(15-27)16-28-25-22(17(2)3)13-10-14-23(25)18(4)5/h9-14,16-18,29H,8H2,1-7H3. The quantitative estimate of drug-likeness (QED) is 0.289. The van der Waals surface area contributed by atoms with E-state index in [1.807, 2.05) is 39.0 Å². The van der Waals surface area contributed by atoms with Crippen molar-refractivity contribution in [1.29, 1.82) is 5.26 Å².